The van der Waals surface area contributed by atoms with Crippen LogP contribution in [-0.2, 0) is 27.1 Å². The predicted octanol–water partition coefficient (Wildman–Crippen LogP) is 4.65. The minimum Gasteiger partial charge on any atom is -0.466 e. The molecular formula is C29H37FN2O4. The van der Waals surface area contributed by atoms with Crippen molar-refractivity contribution < 1.29 is 23.8 Å². The molecule has 1 N–H and O–H groups in total. The van der Waals surface area contributed by atoms with Crippen LogP contribution in [0.4, 0.5) is 4.39 Å². The number of esters is 1. The Hall–Kier alpha value is -2.79. The topological polar surface area (TPSA) is 82.8 Å². The van der Waals surface area contributed by atoms with Crippen LogP contribution >= 0.6 is 0 Å². The van der Waals surface area contributed by atoms with Gasteiger partial charge in [0.1, 0.15) is 5.82 Å². The van der Waals surface area contributed by atoms with Gasteiger partial charge < -0.3 is 14.6 Å². The molecular weight excluding hydrogens is 459 g/mol. The van der Waals surface area contributed by atoms with Crippen LogP contribution in [0, 0.1) is 24.1 Å². The number of benzene rings is 2. The molecule has 0 aromatic heterocycles. The van der Waals surface area contributed by atoms with Crippen molar-refractivity contribution in [1.29, 1.82) is 5.26 Å². The third kappa shape index (κ3) is 7.86. The van der Waals surface area contributed by atoms with Gasteiger partial charge in [0, 0.05) is 19.0 Å². The van der Waals surface area contributed by atoms with Crippen molar-refractivity contribution in [3.63, 3.8) is 0 Å². The SMILES string of the molecule is CCOC(=O)CCc1cc(C#N)ccc1[C@@H](C)OC[C@H](O)CN1CCC[C@H]1Cc1ccc(C)c(F)c1. The van der Waals surface area contributed by atoms with E-state index in [-0.39, 0.29) is 37.0 Å². The molecule has 0 saturated carbocycles. The lowest BCUT2D eigenvalue weighted by Crippen LogP contribution is -2.39. The van der Waals surface area contributed by atoms with Crippen molar-refractivity contribution in [2.45, 2.75) is 71.1 Å². The van der Waals surface area contributed by atoms with E-state index in [4.69, 9.17) is 9.47 Å². The zero-order valence-corrected chi connectivity index (χ0v) is 21.5. The first-order chi connectivity index (χ1) is 17.3. The molecule has 0 bridgehead atoms. The number of hydrogen-bond acceptors (Lipinski definition) is 6. The molecule has 3 atom stereocenters. The Bertz CT molecular complexity index is 1070. The summed E-state index contributed by atoms with van der Waals surface area (Å²) in [6, 6.07) is 13.2. The van der Waals surface area contributed by atoms with E-state index >= 15 is 0 Å². The van der Waals surface area contributed by atoms with E-state index < -0.39 is 6.10 Å². The molecule has 2 aromatic rings. The third-order valence-corrected chi connectivity index (χ3v) is 6.80. The summed E-state index contributed by atoms with van der Waals surface area (Å²) in [7, 11) is 0. The quantitative estimate of drug-likeness (QED) is 0.431. The van der Waals surface area contributed by atoms with Gasteiger partial charge in [0.2, 0.25) is 0 Å². The Morgan fingerprint density at radius 3 is 2.83 bits per heavy atom. The molecule has 0 spiro atoms. The highest BCUT2D eigenvalue weighted by Crippen LogP contribution is 2.25. The number of carbonyl (C=O) groups is 1. The molecule has 2 aromatic carbocycles. The number of rotatable bonds is 12. The van der Waals surface area contributed by atoms with Gasteiger partial charge >= 0.3 is 5.97 Å². The number of aliphatic hydroxyl groups excluding tert-OH is 1. The molecule has 1 aliphatic rings. The van der Waals surface area contributed by atoms with Gasteiger partial charge in [0.05, 0.1) is 37.1 Å². The summed E-state index contributed by atoms with van der Waals surface area (Å²) >= 11 is 0. The number of likely N-dealkylation sites (tertiary alicyclic amines) is 1. The Labute approximate surface area is 213 Å². The molecule has 1 fully saturated rings. The first-order valence-corrected chi connectivity index (χ1v) is 12.8. The fourth-order valence-electron chi connectivity index (χ4n) is 4.83. The van der Waals surface area contributed by atoms with Crippen LogP contribution in [-0.4, -0.2) is 54.4 Å². The maximum absolute atomic E-state index is 14.0. The third-order valence-electron chi connectivity index (χ3n) is 6.80. The maximum atomic E-state index is 14.0. The van der Waals surface area contributed by atoms with Crippen LogP contribution in [0.15, 0.2) is 36.4 Å². The van der Waals surface area contributed by atoms with E-state index in [1.165, 1.54) is 0 Å². The second-order valence-electron chi connectivity index (χ2n) is 9.54. The lowest BCUT2D eigenvalue weighted by Gasteiger charge is -2.28. The average molecular weight is 497 g/mol. The average Bonchev–Trinajstić information content (AvgIpc) is 3.29. The Morgan fingerprint density at radius 2 is 2.11 bits per heavy atom. The fourth-order valence-corrected chi connectivity index (χ4v) is 4.83. The van der Waals surface area contributed by atoms with Crippen LogP contribution in [0.25, 0.3) is 0 Å². The first-order valence-electron chi connectivity index (χ1n) is 12.8. The number of aliphatic hydroxyl groups is 1. The summed E-state index contributed by atoms with van der Waals surface area (Å²) in [5.41, 5.74) is 3.92. The number of ether oxygens (including phenoxy) is 2. The molecule has 0 amide bonds. The van der Waals surface area contributed by atoms with Gasteiger partial charge in [-0.3, -0.25) is 9.69 Å². The van der Waals surface area contributed by atoms with Crippen LogP contribution in [0.3, 0.4) is 0 Å². The Balaban J connectivity index is 1.55. The smallest absolute Gasteiger partial charge is 0.306 e. The predicted molar refractivity (Wildman–Crippen MR) is 136 cm³/mol. The zero-order chi connectivity index (χ0) is 26.1. The standard InChI is InChI=1S/C29H37FN2O4/c1-4-35-29(34)12-10-24-14-23(17-31)9-11-27(24)21(3)36-19-26(33)18-32-13-5-6-25(32)15-22-8-7-20(2)28(30)16-22/h7-9,11,14,16,21,25-26,33H,4-6,10,12-13,15,18-19H2,1-3H3/t21-,25+,26-/m1/s1. The zero-order valence-electron chi connectivity index (χ0n) is 21.5. The van der Waals surface area contributed by atoms with Crippen molar-refractivity contribution in [2.24, 2.45) is 0 Å². The van der Waals surface area contributed by atoms with E-state index in [1.54, 1.807) is 32.0 Å². The molecule has 3 rings (SSSR count). The molecule has 0 aliphatic carbocycles. The number of β-amino-alcohol motifs (C(OH)–C–C–N with tert-alkyl or cyclic N) is 1. The van der Waals surface area contributed by atoms with Gasteiger partial charge in [-0.1, -0.05) is 18.2 Å². The normalized spacial score (nSPS) is 17.5. The maximum Gasteiger partial charge on any atom is 0.306 e. The van der Waals surface area contributed by atoms with E-state index in [9.17, 15) is 19.6 Å². The fraction of sp³-hybridized carbons (Fsp3) is 0.517. The highest BCUT2D eigenvalue weighted by molar-refractivity contribution is 5.69. The van der Waals surface area contributed by atoms with Crippen molar-refractivity contribution >= 4 is 5.97 Å². The Kier molecular flexibility index (Phi) is 10.4. The van der Waals surface area contributed by atoms with Gasteiger partial charge in [-0.05, 0) is 93.5 Å². The molecule has 36 heavy (non-hydrogen) atoms. The van der Waals surface area contributed by atoms with Crippen molar-refractivity contribution in [3.05, 3.63) is 70.0 Å². The van der Waals surface area contributed by atoms with Crippen LogP contribution in [0.2, 0.25) is 0 Å². The molecule has 1 heterocycles. The van der Waals surface area contributed by atoms with Gasteiger partial charge in [0.25, 0.3) is 0 Å². The van der Waals surface area contributed by atoms with Crippen molar-refractivity contribution in [1.82, 2.24) is 4.90 Å². The highest BCUT2D eigenvalue weighted by Gasteiger charge is 2.27. The minimum atomic E-state index is -0.663. The number of halogens is 1. The number of hydrogen-bond donors (Lipinski definition) is 1. The monoisotopic (exact) mass is 496 g/mol. The summed E-state index contributed by atoms with van der Waals surface area (Å²) in [5, 5.41) is 20.0. The number of carbonyl (C=O) groups excluding carboxylic acids is 1. The van der Waals surface area contributed by atoms with E-state index in [1.807, 2.05) is 25.1 Å². The van der Waals surface area contributed by atoms with Crippen LogP contribution in [0.5, 0.6) is 0 Å². The lowest BCUT2D eigenvalue weighted by atomic mass is 9.97. The van der Waals surface area contributed by atoms with E-state index in [2.05, 4.69) is 11.0 Å². The number of nitriles is 1. The molecule has 194 valence electrons. The second-order valence-corrected chi connectivity index (χ2v) is 9.54. The van der Waals surface area contributed by atoms with Crippen LogP contribution in [0.1, 0.15) is 67.0 Å². The summed E-state index contributed by atoms with van der Waals surface area (Å²) in [6.07, 6.45) is 2.54. The molecule has 7 heteroatoms. The minimum absolute atomic E-state index is 0.168. The molecule has 0 unspecified atom stereocenters. The van der Waals surface area contributed by atoms with Gasteiger partial charge in [-0.2, -0.15) is 5.26 Å². The first kappa shape index (κ1) is 27.8. The van der Waals surface area contributed by atoms with Crippen molar-refractivity contribution in [2.75, 3.05) is 26.3 Å². The summed E-state index contributed by atoms with van der Waals surface area (Å²) in [6.45, 7) is 7.34. The molecule has 0 radical (unpaired) electrons. The second kappa shape index (κ2) is 13.5. The van der Waals surface area contributed by atoms with Crippen LogP contribution < -0.4 is 0 Å². The lowest BCUT2D eigenvalue weighted by molar-refractivity contribution is -0.143. The van der Waals surface area contributed by atoms with Crippen molar-refractivity contribution in [3.8, 4) is 6.07 Å². The molecule has 1 saturated heterocycles. The highest BCUT2D eigenvalue weighted by atomic mass is 19.1. The number of nitrogens with zero attached hydrogens (tertiary/aromatic N) is 2. The summed E-state index contributed by atoms with van der Waals surface area (Å²) in [5.74, 6) is -0.452. The summed E-state index contributed by atoms with van der Waals surface area (Å²) < 4.78 is 25.0. The Morgan fingerprint density at radius 1 is 1.31 bits per heavy atom. The molecule has 1 aliphatic heterocycles. The van der Waals surface area contributed by atoms with E-state index in [0.717, 1.165) is 42.5 Å². The molecule has 6 nitrogen and oxygen atoms in total. The van der Waals surface area contributed by atoms with Gasteiger partial charge in [-0.15, -0.1) is 0 Å². The van der Waals surface area contributed by atoms with E-state index in [0.29, 0.717) is 30.7 Å². The number of aryl methyl sites for hydroxylation is 2. The summed E-state index contributed by atoms with van der Waals surface area (Å²) in [4.78, 5) is 14.1. The van der Waals surface area contributed by atoms with Gasteiger partial charge in [-0.25, -0.2) is 4.39 Å². The largest absolute Gasteiger partial charge is 0.466 e. The van der Waals surface area contributed by atoms with Gasteiger partial charge in [0.15, 0.2) is 0 Å².